The second-order valence-electron chi connectivity index (χ2n) is 11.4. The molecule has 4 rings (SSSR count). The molecular weight excluding hydrogens is 580 g/mol. The number of carboxylic acids is 1. The molecule has 2 N–H and O–H groups in total. The molecule has 228 valence electrons. The Labute approximate surface area is 259 Å². The van der Waals surface area contributed by atoms with Gasteiger partial charge in [0, 0.05) is 44.4 Å². The highest BCUT2D eigenvalue weighted by Gasteiger charge is 2.36. The van der Waals surface area contributed by atoms with E-state index in [2.05, 4.69) is 60.2 Å². The molecule has 1 aliphatic rings. The van der Waals surface area contributed by atoms with Crippen molar-refractivity contribution in [2.75, 3.05) is 57.8 Å². The van der Waals surface area contributed by atoms with Crippen molar-refractivity contribution in [3.8, 4) is 0 Å². The number of anilines is 1. The van der Waals surface area contributed by atoms with E-state index in [-0.39, 0.29) is 17.0 Å². The molecule has 9 heteroatoms. The minimum atomic E-state index is -2.15. The first-order valence-corrected chi connectivity index (χ1v) is 18.1. The van der Waals surface area contributed by atoms with Gasteiger partial charge in [0.15, 0.2) is 0 Å². The molecule has 0 spiro atoms. The fourth-order valence-corrected chi connectivity index (χ4v) is 8.79. The standard InChI is InChI=1S/C34H41ClN2O5Si/c1-23-8-11-27-30(20-23)43(4,5)31-22-25(37(2)3)10-13-28(31)32(27)26-12-9-24(21-29(26)34(39)40)33(38)36-15-17-42-19-18-41-16-7-6-14-35/h8-13,20-22H,1,6-7,14-19H2,2-5H3,(H,36,38)(H,39,40). The highest BCUT2D eigenvalue weighted by Crippen LogP contribution is 2.29. The molecule has 7 nitrogen and oxygen atoms in total. The number of hydrogen-bond donors (Lipinski definition) is 2. The Balaban J connectivity index is 1.62. The highest BCUT2D eigenvalue weighted by atomic mass is 35.5. The van der Waals surface area contributed by atoms with E-state index < -0.39 is 14.0 Å². The van der Waals surface area contributed by atoms with Crippen LogP contribution < -0.4 is 31.0 Å². The lowest BCUT2D eigenvalue weighted by atomic mass is 9.90. The molecule has 0 unspecified atom stereocenters. The van der Waals surface area contributed by atoms with Gasteiger partial charge in [-0.2, -0.15) is 0 Å². The number of hydrogen-bond acceptors (Lipinski definition) is 5. The molecule has 1 aliphatic heterocycles. The number of benzene rings is 3. The zero-order valence-corrected chi connectivity index (χ0v) is 27.2. The summed E-state index contributed by atoms with van der Waals surface area (Å²) in [5.41, 5.74) is 3.94. The fraction of sp³-hybridized carbons (Fsp3) is 0.353. The predicted molar refractivity (Wildman–Crippen MR) is 178 cm³/mol. The summed E-state index contributed by atoms with van der Waals surface area (Å²) in [5, 5.41) is 17.6. The fourth-order valence-electron chi connectivity index (χ4n) is 5.49. The van der Waals surface area contributed by atoms with Crippen LogP contribution >= 0.6 is 11.6 Å². The van der Waals surface area contributed by atoms with Crippen molar-refractivity contribution < 1.29 is 24.2 Å². The Morgan fingerprint density at radius 3 is 2.33 bits per heavy atom. The van der Waals surface area contributed by atoms with Crippen LogP contribution in [0.5, 0.6) is 0 Å². The molecule has 0 aromatic heterocycles. The summed E-state index contributed by atoms with van der Waals surface area (Å²) in [6.45, 7) is 11.0. The van der Waals surface area contributed by atoms with Crippen LogP contribution in [0.1, 0.15) is 44.7 Å². The van der Waals surface area contributed by atoms with E-state index in [1.54, 1.807) is 12.1 Å². The van der Waals surface area contributed by atoms with Crippen LogP contribution in [0.15, 0.2) is 54.6 Å². The number of carbonyl (C=O) groups is 2. The van der Waals surface area contributed by atoms with Crippen LogP contribution in [0.2, 0.25) is 13.1 Å². The van der Waals surface area contributed by atoms with Crippen molar-refractivity contribution in [2.24, 2.45) is 0 Å². The van der Waals surface area contributed by atoms with Crippen molar-refractivity contribution in [1.82, 2.24) is 5.32 Å². The summed E-state index contributed by atoms with van der Waals surface area (Å²) >= 11 is 5.65. The van der Waals surface area contributed by atoms with Crippen LogP contribution in [0.3, 0.4) is 0 Å². The third kappa shape index (κ3) is 7.38. The average molecular weight is 621 g/mol. The van der Waals surface area contributed by atoms with Gasteiger partial charge in [0.05, 0.1) is 25.4 Å². The Morgan fingerprint density at radius 2 is 1.63 bits per heavy atom. The van der Waals surface area contributed by atoms with Crippen LogP contribution in [-0.4, -0.2) is 78.0 Å². The molecule has 0 atom stereocenters. The first kappa shape index (κ1) is 32.5. The van der Waals surface area contributed by atoms with E-state index in [9.17, 15) is 14.7 Å². The number of ether oxygens (including phenoxy) is 2. The number of amides is 1. The summed E-state index contributed by atoms with van der Waals surface area (Å²) in [7, 11) is 1.89. The second kappa shape index (κ2) is 14.4. The summed E-state index contributed by atoms with van der Waals surface area (Å²) in [5.74, 6) is -0.807. The van der Waals surface area contributed by atoms with Gasteiger partial charge in [-0.05, 0) is 74.6 Å². The molecule has 3 aromatic rings. The lowest BCUT2D eigenvalue weighted by molar-refractivity contribution is 0.0473. The number of alkyl halides is 1. The molecule has 1 heterocycles. The predicted octanol–water partition coefficient (Wildman–Crippen LogP) is 3.03. The normalized spacial score (nSPS) is 13.3. The van der Waals surface area contributed by atoms with Gasteiger partial charge in [-0.3, -0.25) is 4.79 Å². The van der Waals surface area contributed by atoms with Crippen LogP contribution in [0, 0.1) is 0 Å². The maximum Gasteiger partial charge on any atom is 0.336 e. The smallest absolute Gasteiger partial charge is 0.336 e. The monoisotopic (exact) mass is 620 g/mol. The van der Waals surface area contributed by atoms with E-state index in [1.807, 2.05) is 20.2 Å². The average Bonchev–Trinajstić information content (AvgIpc) is 2.98. The van der Waals surface area contributed by atoms with E-state index in [1.165, 1.54) is 16.4 Å². The van der Waals surface area contributed by atoms with E-state index in [0.717, 1.165) is 40.1 Å². The van der Waals surface area contributed by atoms with Crippen molar-refractivity contribution in [3.05, 3.63) is 87.3 Å². The number of fused-ring (bicyclic) bond motifs is 2. The largest absolute Gasteiger partial charge is 0.478 e. The zero-order chi connectivity index (χ0) is 31.1. The van der Waals surface area contributed by atoms with Gasteiger partial charge < -0.3 is 24.8 Å². The summed E-state index contributed by atoms with van der Waals surface area (Å²) in [6.07, 6.45) is 1.84. The maximum atomic E-state index is 13.0. The lowest BCUT2D eigenvalue weighted by Crippen LogP contribution is -2.63. The van der Waals surface area contributed by atoms with Gasteiger partial charge in [0.2, 0.25) is 0 Å². The summed E-state index contributed by atoms with van der Waals surface area (Å²) in [6, 6.07) is 17.5. The molecule has 0 saturated carbocycles. The molecule has 0 fully saturated rings. The molecule has 43 heavy (non-hydrogen) atoms. The van der Waals surface area contributed by atoms with Gasteiger partial charge >= 0.3 is 5.97 Å². The van der Waals surface area contributed by atoms with Gasteiger partial charge in [-0.15, -0.1) is 11.6 Å². The molecule has 0 aliphatic carbocycles. The molecule has 0 saturated heterocycles. The minimum absolute atomic E-state index is 0.0823. The highest BCUT2D eigenvalue weighted by molar-refractivity contribution is 7.01. The number of nitrogens with zero attached hydrogens (tertiary/aromatic N) is 1. The first-order chi connectivity index (χ1) is 20.6. The minimum Gasteiger partial charge on any atom is -0.478 e. The van der Waals surface area contributed by atoms with Gasteiger partial charge in [0.25, 0.3) is 5.91 Å². The number of carbonyl (C=O) groups excluding carboxylic acids is 1. The molecule has 3 aromatic carbocycles. The third-order valence-electron chi connectivity index (χ3n) is 7.85. The topological polar surface area (TPSA) is 88.1 Å². The Hall–Kier alpha value is -3.43. The number of nitrogens with one attached hydrogen (secondary N) is 1. The third-order valence-corrected chi connectivity index (χ3v) is 11.6. The van der Waals surface area contributed by atoms with Crippen molar-refractivity contribution >= 4 is 59.8 Å². The van der Waals surface area contributed by atoms with E-state index >= 15 is 0 Å². The van der Waals surface area contributed by atoms with Crippen molar-refractivity contribution in [3.63, 3.8) is 0 Å². The Morgan fingerprint density at radius 1 is 0.907 bits per heavy atom. The Bertz CT molecular complexity index is 1600. The lowest BCUT2D eigenvalue weighted by Gasteiger charge is -2.34. The number of rotatable bonds is 14. The van der Waals surface area contributed by atoms with Gasteiger partial charge in [-0.1, -0.05) is 50.0 Å². The summed E-state index contributed by atoms with van der Waals surface area (Å²) < 4.78 is 11.0. The molecule has 0 radical (unpaired) electrons. The maximum absolute atomic E-state index is 13.0. The Kier molecular flexibility index (Phi) is 10.8. The van der Waals surface area contributed by atoms with Gasteiger partial charge in [-0.25, -0.2) is 4.79 Å². The molecule has 1 amide bonds. The number of aromatic carboxylic acids is 1. The van der Waals surface area contributed by atoms with Gasteiger partial charge in [0.1, 0.15) is 8.07 Å². The van der Waals surface area contributed by atoms with Crippen LogP contribution in [0.25, 0.3) is 12.2 Å². The van der Waals surface area contributed by atoms with E-state index in [0.29, 0.717) is 44.4 Å². The quantitative estimate of drug-likeness (QED) is 0.164. The molecule has 0 bridgehead atoms. The number of unbranched alkanes of at least 4 members (excludes halogenated alkanes) is 1. The molecular formula is C34H41ClN2O5Si. The van der Waals surface area contributed by atoms with Crippen molar-refractivity contribution in [1.29, 1.82) is 0 Å². The summed E-state index contributed by atoms with van der Waals surface area (Å²) in [4.78, 5) is 27.7. The number of carboxylic acid groups (broad SMARTS) is 1. The van der Waals surface area contributed by atoms with Crippen LogP contribution in [-0.2, 0) is 9.47 Å². The van der Waals surface area contributed by atoms with E-state index in [4.69, 9.17) is 21.1 Å². The SMILES string of the molecule is C=c1ccc2c(c1)[Si](C)(C)c1cc(N(C)C)ccc1C=2c1ccc(C(=O)NCCOCCOCCCCCl)cc1C(=O)O. The second-order valence-corrected chi connectivity index (χ2v) is 16.2. The first-order valence-electron chi connectivity index (χ1n) is 14.6. The van der Waals surface area contributed by atoms with Crippen molar-refractivity contribution in [2.45, 2.75) is 25.9 Å². The number of halogens is 1. The van der Waals surface area contributed by atoms with Crippen LogP contribution in [0.4, 0.5) is 5.69 Å². The zero-order valence-electron chi connectivity index (χ0n) is 25.5.